The van der Waals surface area contributed by atoms with Gasteiger partial charge < -0.3 is 9.80 Å². The topological polar surface area (TPSA) is 81.0 Å². The average Bonchev–Trinajstić information content (AvgIpc) is 2.86. The number of aromatic nitrogens is 2. The first kappa shape index (κ1) is 25.2. The van der Waals surface area contributed by atoms with Crippen LogP contribution in [0.25, 0.3) is 10.8 Å². The van der Waals surface area contributed by atoms with Gasteiger partial charge in [0.1, 0.15) is 0 Å². The lowest BCUT2D eigenvalue weighted by molar-refractivity contribution is 1.03. The van der Waals surface area contributed by atoms with Crippen LogP contribution in [0, 0.1) is 0 Å². The molecule has 184 valence electrons. The summed E-state index contributed by atoms with van der Waals surface area (Å²) in [6.07, 6.45) is 3.31. The van der Waals surface area contributed by atoms with Crippen molar-refractivity contribution in [3.63, 3.8) is 0 Å². The molecule has 2 N–H and O–H groups in total. The summed E-state index contributed by atoms with van der Waals surface area (Å²) in [5.41, 5.74) is 9.55. The number of halogens is 2. The maximum atomic E-state index is 6.39. The highest BCUT2D eigenvalue weighted by molar-refractivity contribution is 6.33. The summed E-state index contributed by atoms with van der Waals surface area (Å²) >= 11 is 12.8. The minimum Gasteiger partial charge on any atom is -0.378 e. The zero-order chi connectivity index (χ0) is 25.7. The Morgan fingerprint density at radius 3 is 1.44 bits per heavy atom. The van der Waals surface area contributed by atoms with Crippen LogP contribution >= 0.6 is 23.2 Å². The molecule has 1 heterocycles. The van der Waals surface area contributed by atoms with E-state index in [1.165, 1.54) is 0 Å². The lowest BCUT2D eigenvalue weighted by Crippen LogP contribution is -2.08. The van der Waals surface area contributed by atoms with Crippen molar-refractivity contribution in [2.45, 2.75) is 0 Å². The lowest BCUT2D eigenvalue weighted by Gasteiger charge is -2.13. The molecule has 0 amide bonds. The van der Waals surface area contributed by atoms with Crippen molar-refractivity contribution in [2.24, 2.45) is 10.2 Å². The molecule has 0 saturated carbocycles. The number of nitrogens with zero attached hydrogens (tertiary/aromatic N) is 6. The standard InChI is InChI=1S/C26H26Cl2N8/c1-35(2)19-11-9-17(23(27)13-19)15-29-31-25-21-7-5-6-8-22(21)26(34-33-25)32-30-16-18-10-12-20(36(3)4)14-24(18)28/h5-16H,1-4H3,(H,31,33)(H,32,34)/b29-15+,30-16+. The molecule has 4 rings (SSSR count). The molecule has 3 aromatic carbocycles. The first-order valence-corrected chi connectivity index (χ1v) is 11.9. The van der Waals surface area contributed by atoms with Crippen LogP contribution in [0.2, 0.25) is 10.0 Å². The Bertz CT molecular complexity index is 1330. The van der Waals surface area contributed by atoms with E-state index < -0.39 is 0 Å². The molecule has 0 bridgehead atoms. The molecule has 1 aromatic heterocycles. The molecule has 0 saturated heterocycles. The highest BCUT2D eigenvalue weighted by Crippen LogP contribution is 2.27. The predicted octanol–water partition coefficient (Wildman–Crippen LogP) is 5.96. The van der Waals surface area contributed by atoms with Crippen LogP contribution in [0.4, 0.5) is 23.0 Å². The molecule has 4 aromatic rings. The maximum absolute atomic E-state index is 6.39. The van der Waals surface area contributed by atoms with Gasteiger partial charge in [-0.15, -0.1) is 10.2 Å². The van der Waals surface area contributed by atoms with E-state index in [0.717, 1.165) is 33.3 Å². The number of rotatable bonds is 8. The summed E-state index contributed by atoms with van der Waals surface area (Å²) in [7, 11) is 7.86. The summed E-state index contributed by atoms with van der Waals surface area (Å²) in [5.74, 6) is 1.03. The van der Waals surface area contributed by atoms with Crippen LogP contribution in [0.5, 0.6) is 0 Å². The Morgan fingerprint density at radius 1 is 0.667 bits per heavy atom. The third-order valence-corrected chi connectivity index (χ3v) is 6.09. The summed E-state index contributed by atoms with van der Waals surface area (Å²) in [4.78, 5) is 3.98. The van der Waals surface area contributed by atoms with Crippen molar-refractivity contribution in [1.29, 1.82) is 0 Å². The van der Waals surface area contributed by atoms with E-state index >= 15 is 0 Å². The van der Waals surface area contributed by atoms with Crippen LogP contribution < -0.4 is 20.7 Å². The Kier molecular flexibility index (Phi) is 7.87. The smallest absolute Gasteiger partial charge is 0.176 e. The van der Waals surface area contributed by atoms with E-state index in [0.29, 0.717) is 21.7 Å². The van der Waals surface area contributed by atoms with Gasteiger partial charge in [-0.05, 0) is 36.4 Å². The summed E-state index contributed by atoms with van der Waals surface area (Å²) in [5, 5.41) is 20.1. The Hall–Kier alpha value is -3.88. The van der Waals surface area contributed by atoms with E-state index in [1.54, 1.807) is 12.4 Å². The lowest BCUT2D eigenvalue weighted by atomic mass is 10.2. The van der Waals surface area contributed by atoms with Gasteiger partial charge in [0.15, 0.2) is 11.6 Å². The van der Waals surface area contributed by atoms with E-state index in [9.17, 15) is 0 Å². The molecule has 0 fully saturated rings. The molecular weight excluding hydrogens is 495 g/mol. The number of hydrogen-bond donors (Lipinski definition) is 2. The number of nitrogens with one attached hydrogen (secondary N) is 2. The third-order valence-electron chi connectivity index (χ3n) is 5.44. The molecule has 36 heavy (non-hydrogen) atoms. The second kappa shape index (κ2) is 11.2. The molecule has 0 unspecified atom stereocenters. The largest absolute Gasteiger partial charge is 0.378 e. The fourth-order valence-electron chi connectivity index (χ4n) is 3.39. The molecular formula is C26H26Cl2N8. The van der Waals surface area contributed by atoms with Crippen molar-refractivity contribution in [2.75, 3.05) is 48.8 Å². The minimum absolute atomic E-state index is 0.514. The monoisotopic (exact) mass is 520 g/mol. The van der Waals surface area contributed by atoms with Gasteiger partial charge >= 0.3 is 0 Å². The van der Waals surface area contributed by atoms with Crippen molar-refractivity contribution in [3.05, 3.63) is 81.8 Å². The van der Waals surface area contributed by atoms with Crippen molar-refractivity contribution < 1.29 is 0 Å². The summed E-state index contributed by atoms with van der Waals surface area (Å²) < 4.78 is 0. The Labute approximate surface area is 220 Å². The van der Waals surface area contributed by atoms with Crippen molar-refractivity contribution in [3.8, 4) is 0 Å². The Balaban J connectivity index is 1.51. The second-order valence-electron chi connectivity index (χ2n) is 8.38. The van der Waals surface area contributed by atoms with Crippen molar-refractivity contribution in [1.82, 2.24) is 10.2 Å². The van der Waals surface area contributed by atoms with E-state index in [4.69, 9.17) is 23.2 Å². The van der Waals surface area contributed by atoms with Crippen LogP contribution in [0.15, 0.2) is 70.9 Å². The van der Waals surface area contributed by atoms with Gasteiger partial charge in [-0.1, -0.05) is 47.5 Å². The maximum Gasteiger partial charge on any atom is 0.176 e. The van der Waals surface area contributed by atoms with Gasteiger partial charge in [0.25, 0.3) is 0 Å². The molecule has 0 aliphatic heterocycles. The van der Waals surface area contributed by atoms with Crippen LogP contribution in [-0.2, 0) is 0 Å². The first-order chi connectivity index (χ1) is 17.3. The number of anilines is 4. The fourth-order valence-corrected chi connectivity index (χ4v) is 3.84. The molecule has 0 radical (unpaired) electrons. The van der Waals surface area contributed by atoms with Gasteiger partial charge in [0.05, 0.1) is 22.5 Å². The number of fused-ring (bicyclic) bond motifs is 1. The molecule has 0 atom stereocenters. The molecule has 0 spiro atoms. The summed E-state index contributed by atoms with van der Waals surface area (Å²) in [6, 6.07) is 19.3. The summed E-state index contributed by atoms with van der Waals surface area (Å²) in [6.45, 7) is 0. The van der Waals surface area contributed by atoms with Crippen molar-refractivity contribution >= 4 is 69.4 Å². The van der Waals surface area contributed by atoms with Crippen LogP contribution in [-0.4, -0.2) is 50.8 Å². The number of benzene rings is 3. The average molecular weight is 521 g/mol. The van der Waals surface area contributed by atoms with Gasteiger partial charge in [-0.25, -0.2) is 0 Å². The zero-order valence-corrected chi connectivity index (χ0v) is 21.9. The highest BCUT2D eigenvalue weighted by atomic mass is 35.5. The van der Waals surface area contributed by atoms with Gasteiger partial charge in [0, 0.05) is 61.5 Å². The SMILES string of the molecule is CN(C)c1ccc(/C=N/Nc2nnc(N/N=C/c3ccc(N(C)C)cc3Cl)c3ccccc23)c(Cl)c1. The fraction of sp³-hybridized carbons (Fsp3) is 0.154. The molecule has 0 aliphatic rings. The van der Waals surface area contributed by atoms with E-state index in [-0.39, 0.29) is 0 Å². The first-order valence-electron chi connectivity index (χ1n) is 11.1. The molecule has 8 nitrogen and oxygen atoms in total. The molecule has 0 aliphatic carbocycles. The second-order valence-corrected chi connectivity index (χ2v) is 9.20. The minimum atomic E-state index is 0.514. The van der Waals surface area contributed by atoms with Crippen LogP contribution in [0.1, 0.15) is 11.1 Å². The number of hydrogen-bond acceptors (Lipinski definition) is 8. The molecule has 10 heteroatoms. The number of hydrazone groups is 2. The quantitative estimate of drug-likeness (QED) is 0.220. The third kappa shape index (κ3) is 5.84. The Morgan fingerprint density at radius 2 is 1.08 bits per heavy atom. The van der Waals surface area contributed by atoms with E-state index in [1.807, 2.05) is 98.7 Å². The van der Waals surface area contributed by atoms with Gasteiger partial charge in [-0.3, -0.25) is 10.9 Å². The van der Waals surface area contributed by atoms with Gasteiger partial charge in [-0.2, -0.15) is 10.2 Å². The predicted molar refractivity (Wildman–Crippen MR) is 154 cm³/mol. The van der Waals surface area contributed by atoms with Crippen LogP contribution in [0.3, 0.4) is 0 Å². The normalized spacial score (nSPS) is 11.4. The van der Waals surface area contributed by atoms with Gasteiger partial charge in [0.2, 0.25) is 0 Å². The highest BCUT2D eigenvalue weighted by Gasteiger charge is 2.09. The zero-order valence-electron chi connectivity index (χ0n) is 20.4. The van der Waals surface area contributed by atoms with E-state index in [2.05, 4.69) is 31.3 Å².